The molecule has 0 unspecified atom stereocenters. The lowest BCUT2D eigenvalue weighted by Gasteiger charge is -2.09. The van der Waals surface area contributed by atoms with Crippen molar-refractivity contribution in [3.05, 3.63) is 58.1 Å². The molecule has 0 saturated carbocycles. The van der Waals surface area contributed by atoms with Crippen LogP contribution in [0, 0.1) is 17.0 Å². The molecular formula is C18H21NO5. The summed E-state index contributed by atoms with van der Waals surface area (Å²) < 4.78 is 16.5. The summed E-state index contributed by atoms with van der Waals surface area (Å²) in [6, 6.07) is 12.3. The number of ether oxygens (including phenoxy) is 3. The molecule has 2 aromatic rings. The second-order valence-electron chi connectivity index (χ2n) is 5.18. The van der Waals surface area contributed by atoms with Crippen LogP contribution < -0.4 is 14.2 Å². The molecule has 128 valence electrons. The fraction of sp³-hybridized carbons (Fsp3) is 0.333. The van der Waals surface area contributed by atoms with Crippen LogP contribution in [0.2, 0.25) is 0 Å². The molecule has 0 fully saturated rings. The average molecular weight is 331 g/mol. The Hall–Kier alpha value is -2.76. The highest BCUT2D eigenvalue weighted by atomic mass is 16.6. The van der Waals surface area contributed by atoms with Crippen LogP contribution >= 0.6 is 0 Å². The van der Waals surface area contributed by atoms with E-state index >= 15 is 0 Å². The van der Waals surface area contributed by atoms with Crippen LogP contribution in [0.25, 0.3) is 0 Å². The second-order valence-corrected chi connectivity index (χ2v) is 5.18. The van der Waals surface area contributed by atoms with Gasteiger partial charge in [-0.1, -0.05) is 6.07 Å². The summed E-state index contributed by atoms with van der Waals surface area (Å²) in [5.74, 6) is 1.84. The predicted molar refractivity (Wildman–Crippen MR) is 91.1 cm³/mol. The standard InChI is InChI=1S/C18H21NO5/c1-3-22-15-6-8-16(9-7-15)23-11-4-12-24-18-10-5-14(2)13-17(18)19(20)21/h5-10,13H,3-4,11-12H2,1-2H3. The Labute approximate surface area is 141 Å². The van der Waals surface area contributed by atoms with Crippen LogP contribution in [0.5, 0.6) is 17.2 Å². The summed E-state index contributed by atoms with van der Waals surface area (Å²) in [6.07, 6.45) is 0.623. The maximum atomic E-state index is 11.0. The Morgan fingerprint density at radius 1 is 0.958 bits per heavy atom. The minimum Gasteiger partial charge on any atom is -0.494 e. The largest absolute Gasteiger partial charge is 0.494 e. The first-order valence-electron chi connectivity index (χ1n) is 7.83. The van der Waals surface area contributed by atoms with Gasteiger partial charge in [0.15, 0.2) is 5.75 Å². The van der Waals surface area contributed by atoms with E-state index in [4.69, 9.17) is 14.2 Å². The van der Waals surface area contributed by atoms with E-state index in [1.807, 2.05) is 31.2 Å². The SMILES string of the molecule is CCOc1ccc(OCCCOc2ccc(C)cc2[N+](=O)[O-])cc1. The number of nitrogens with zero attached hydrogens (tertiary/aromatic N) is 1. The van der Waals surface area contributed by atoms with Gasteiger partial charge in [-0.2, -0.15) is 0 Å². The summed E-state index contributed by atoms with van der Waals surface area (Å²) in [4.78, 5) is 10.6. The first-order valence-corrected chi connectivity index (χ1v) is 7.83. The van der Waals surface area contributed by atoms with E-state index in [9.17, 15) is 10.1 Å². The first kappa shape index (κ1) is 17.6. The Bertz CT molecular complexity index is 670. The maximum absolute atomic E-state index is 11.0. The van der Waals surface area contributed by atoms with Crippen molar-refractivity contribution in [1.29, 1.82) is 0 Å². The van der Waals surface area contributed by atoms with Gasteiger partial charge in [-0.15, -0.1) is 0 Å². The number of nitro benzene ring substituents is 1. The third kappa shape index (κ3) is 5.15. The van der Waals surface area contributed by atoms with E-state index in [2.05, 4.69) is 0 Å². The number of aryl methyl sites for hydroxylation is 1. The van der Waals surface area contributed by atoms with Gasteiger partial charge in [-0.05, 0) is 49.7 Å². The van der Waals surface area contributed by atoms with Crippen molar-refractivity contribution in [2.24, 2.45) is 0 Å². The zero-order chi connectivity index (χ0) is 17.4. The molecule has 0 heterocycles. The highest BCUT2D eigenvalue weighted by Crippen LogP contribution is 2.27. The molecule has 24 heavy (non-hydrogen) atoms. The normalized spacial score (nSPS) is 10.2. The van der Waals surface area contributed by atoms with Gasteiger partial charge >= 0.3 is 5.69 Å². The molecule has 6 heteroatoms. The van der Waals surface area contributed by atoms with Crippen LogP contribution in [0.1, 0.15) is 18.9 Å². The average Bonchev–Trinajstić information content (AvgIpc) is 2.57. The van der Waals surface area contributed by atoms with E-state index in [1.165, 1.54) is 6.07 Å². The lowest BCUT2D eigenvalue weighted by Crippen LogP contribution is -2.06. The Balaban J connectivity index is 1.76. The fourth-order valence-corrected chi connectivity index (χ4v) is 2.12. The van der Waals surface area contributed by atoms with Crippen molar-refractivity contribution >= 4 is 5.69 Å². The molecule has 0 aliphatic carbocycles. The Kier molecular flexibility index (Phi) is 6.42. The van der Waals surface area contributed by atoms with Crippen LogP contribution in [0.15, 0.2) is 42.5 Å². The molecule has 0 saturated heterocycles. The number of rotatable bonds is 9. The van der Waals surface area contributed by atoms with Crippen LogP contribution in [-0.2, 0) is 0 Å². The quantitative estimate of drug-likeness (QED) is 0.392. The second kappa shape index (κ2) is 8.76. The smallest absolute Gasteiger partial charge is 0.311 e. The zero-order valence-corrected chi connectivity index (χ0v) is 13.9. The highest BCUT2D eigenvalue weighted by Gasteiger charge is 2.14. The molecule has 0 aromatic heterocycles. The van der Waals surface area contributed by atoms with Crippen LogP contribution in [0.3, 0.4) is 0 Å². The fourth-order valence-electron chi connectivity index (χ4n) is 2.12. The molecule has 0 amide bonds. The van der Waals surface area contributed by atoms with Gasteiger partial charge in [0.2, 0.25) is 0 Å². The Morgan fingerprint density at radius 2 is 1.58 bits per heavy atom. The Morgan fingerprint density at radius 3 is 2.21 bits per heavy atom. The van der Waals surface area contributed by atoms with Crippen molar-refractivity contribution in [3.63, 3.8) is 0 Å². The number of benzene rings is 2. The van der Waals surface area contributed by atoms with Gasteiger partial charge in [0.25, 0.3) is 0 Å². The molecule has 0 aliphatic heterocycles. The molecule has 2 aromatic carbocycles. The molecule has 0 aliphatic rings. The third-order valence-electron chi connectivity index (χ3n) is 3.26. The summed E-state index contributed by atoms with van der Waals surface area (Å²) in [7, 11) is 0. The first-order chi connectivity index (χ1) is 11.6. The molecular weight excluding hydrogens is 310 g/mol. The number of nitro groups is 1. The van der Waals surface area contributed by atoms with E-state index in [1.54, 1.807) is 19.1 Å². The van der Waals surface area contributed by atoms with E-state index < -0.39 is 4.92 Å². The zero-order valence-electron chi connectivity index (χ0n) is 13.9. The van der Waals surface area contributed by atoms with Crippen LogP contribution in [0.4, 0.5) is 5.69 Å². The minimum atomic E-state index is -0.432. The van der Waals surface area contributed by atoms with Gasteiger partial charge in [0.1, 0.15) is 11.5 Å². The maximum Gasteiger partial charge on any atom is 0.311 e. The third-order valence-corrected chi connectivity index (χ3v) is 3.26. The molecule has 0 atom stereocenters. The molecule has 2 rings (SSSR count). The van der Waals surface area contributed by atoms with Gasteiger partial charge in [-0.3, -0.25) is 10.1 Å². The van der Waals surface area contributed by atoms with Crippen molar-refractivity contribution in [2.45, 2.75) is 20.3 Å². The van der Waals surface area contributed by atoms with E-state index in [0.29, 0.717) is 26.2 Å². The van der Waals surface area contributed by atoms with Gasteiger partial charge in [0, 0.05) is 12.5 Å². The summed E-state index contributed by atoms with van der Waals surface area (Å²) in [6.45, 7) is 5.18. The molecule has 6 nitrogen and oxygen atoms in total. The lowest BCUT2D eigenvalue weighted by atomic mass is 10.2. The summed E-state index contributed by atoms with van der Waals surface area (Å²) >= 11 is 0. The lowest BCUT2D eigenvalue weighted by molar-refractivity contribution is -0.385. The molecule has 0 bridgehead atoms. The van der Waals surface area contributed by atoms with Crippen molar-refractivity contribution in [1.82, 2.24) is 0 Å². The van der Waals surface area contributed by atoms with E-state index in [-0.39, 0.29) is 11.4 Å². The number of hydrogen-bond donors (Lipinski definition) is 0. The van der Waals surface area contributed by atoms with Crippen molar-refractivity contribution in [3.8, 4) is 17.2 Å². The minimum absolute atomic E-state index is 0.0116. The van der Waals surface area contributed by atoms with Gasteiger partial charge in [0.05, 0.1) is 24.7 Å². The van der Waals surface area contributed by atoms with Crippen molar-refractivity contribution in [2.75, 3.05) is 19.8 Å². The topological polar surface area (TPSA) is 70.8 Å². The number of hydrogen-bond acceptors (Lipinski definition) is 5. The highest BCUT2D eigenvalue weighted by molar-refractivity contribution is 5.48. The van der Waals surface area contributed by atoms with E-state index in [0.717, 1.165) is 17.1 Å². The van der Waals surface area contributed by atoms with Gasteiger partial charge < -0.3 is 14.2 Å². The van der Waals surface area contributed by atoms with Crippen molar-refractivity contribution < 1.29 is 19.1 Å². The molecule has 0 N–H and O–H groups in total. The predicted octanol–water partition coefficient (Wildman–Crippen LogP) is 4.15. The van der Waals surface area contributed by atoms with Crippen LogP contribution in [-0.4, -0.2) is 24.7 Å². The summed E-state index contributed by atoms with van der Waals surface area (Å²) in [5, 5.41) is 11.0. The monoisotopic (exact) mass is 331 g/mol. The summed E-state index contributed by atoms with van der Waals surface area (Å²) in [5.41, 5.74) is 0.815. The van der Waals surface area contributed by atoms with Gasteiger partial charge in [-0.25, -0.2) is 0 Å². The molecule has 0 radical (unpaired) electrons. The molecule has 0 spiro atoms.